The van der Waals surface area contributed by atoms with Gasteiger partial charge in [-0.05, 0) is 31.0 Å². The molecule has 0 amide bonds. The zero-order chi connectivity index (χ0) is 18.0. The van der Waals surface area contributed by atoms with Crippen molar-refractivity contribution >= 4 is 5.69 Å². The van der Waals surface area contributed by atoms with E-state index < -0.39 is 0 Å². The van der Waals surface area contributed by atoms with Crippen molar-refractivity contribution < 1.29 is 4.74 Å². The lowest BCUT2D eigenvalue weighted by Crippen LogP contribution is -2.29. The van der Waals surface area contributed by atoms with Crippen LogP contribution >= 0.6 is 0 Å². The summed E-state index contributed by atoms with van der Waals surface area (Å²) in [6, 6.07) is 17.0. The maximum Gasteiger partial charge on any atom is 0.184 e. The lowest BCUT2D eigenvalue weighted by atomic mass is 9.81. The summed E-state index contributed by atoms with van der Waals surface area (Å²) in [5.74, 6) is 0.699. The van der Waals surface area contributed by atoms with Gasteiger partial charge in [-0.3, -0.25) is 0 Å². The molecule has 2 aromatic carbocycles. The molecule has 0 spiro atoms. The minimum Gasteiger partial charge on any atom is -0.375 e. The monoisotopic (exact) mass is 349 g/mol. The van der Waals surface area contributed by atoms with Crippen molar-refractivity contribution in [3.8, 4) is 0 Å². The Balaban J connectivity index is 1.70. The Bertz CT molecular complexity index is 875. The van der Waals surface area contributed by atoms with Crippen LogP contribution in [0.1, 0.15) is 36.4 Å². The molecule has 0 fully saturated rings. The first-order valence-corrected chi connectivity index (χ1v) is 8.89. The number of hydrogen-bond donors (Lipinski definition) is 1. The fourth-order valence-corrected chi connectivity index (χ4v) is 3.60. The highest BCUT2D eigenvalue weighted by molar-refractivity contribution is 5.55. The number of anilines is 1. The Morgan fingerprint density at radius 1 is 1.12 bits per heavy atom. The number of tetrazole rings is 1. The highest BCUT2D eigenvalue weighted by Crippen LogP contribution is 2.33. The van der Waals surface area contributed by atoms with E-state index in [2.05, 4.69) is 87.9 Å². The molecule has 1 aliphatic rings. The average Bonchev–Trinajstić information content (AvgIpc) is 3.13. The summed E-state index contributed by atoms with van der Waals surface area (Å²) in [6.45, 7) is 7.35. The van der Waals surface area contributed by atoms with E-state index in [-0.39, 0.29) is 5.41 Å². The molecule has 6 heteroatoms. The first-order chi connectivity index (χ1) is 12.7. The molecule has 6 nitrogen and oxygen atoms in total. The lowest BCUT2D eigenvalue weighted by molar-refractivity contribution is 0.132. The van der Waals surface area contributed by atoms with E-state index >= 15 is 0 Å². The standard InChI is InChI=1S/C20H23N5O/c1-20(2,19-21-23-24-22-19)17-9-5-3-7-15(17)13-25-11-12-26-14-16-8-4-6-10-18(16)25/h3-10H,11-14H2,1-2H3,(H,21,22,23,24). The molecule has 0 aliphatic carbocycles. The minimum atomic E-state index is -0.328. The minimum absolute atomic E-state index is 0.328. The number of para-hydroxylation sites is 1. The zero-order valence-electron chi connectivity index (χ0n) is 15.1. The van der Waals surface area contributed by atoms with E-state index in [1.54, 1.807) is 0 Å². The molecule has 0 unspecified atom stereocenters. The SMILES string of the molecule is CC(C)(c1nn[nH]n1)c1ccccc1CN1CCOCc2ccccc21. The van der Waals surface area contributed by atoms with E-state index in [4.69, 9.17) is 4.74 Å². The van der Waals surface area contributed by atoms with Crippen LogP contribution in [0.3, 0.4) is 0 Å². The first kappa shape index (κ1) is 16.7. The molecule has 1 N–H and O–H groups in total. The van der Waals surface area contributed by atoms with Crippen LogP contribution in [-0.2, 0) is 23.3 Å². The average molecular weight is 349 g/mol. The summed E-state index contributed by atoms with van der Waals surface area (Å²) in [6.07, 6.45) is 0. The molecule has 0 atom stereocenters. The summed E-state index contributed by atoms with van der Waals surface area (Å²) >= 11 is 0. The molecule has 1 aliphatic heterocycles. The number of aromatic amines is 1. The first-order valence-electron chi connectivity index (χ1n) is 8.89. The third kappa shape index (κ3) is 3.08. The molecule has 3 aromatic rings. The Kier molecular flexibility index (Phi) is 4.42. The van der Waals surface area contributed by atoms with E-state index in [0.717, 1.165) is 19.7 Å². The van der Waals surface area contributed by atoms with Crippen LogP contribution in [0, 0.1) is 0 Å². The van der Waals surface area contributed by atoms with E-state index in [1.165, 1.54) is 22.4 Å². The molecule has 0 radical (unpaired) electrons. The normalized spacial score (nSPS) is 14.8. The number of nitrogens with zero attached hydrogens (tertiary/aromatic N) is 4. The van der Waals surface area contributed by atoms with Gasteiger partial charge in [0.05, 0.1) is 18.6 Å². The van der Waals surface area contributed by atoms with Gasteiger partial charge in [-0.2, -0.15) is 5.21 Å². The van der Waals surface area contributed by atoms with Gasteiger partial charge in [0.2, 0.25) is 0 Å². The number of ether oxygens (including phenoxy) is 1. The van der Waals surface area contributed by atoms with E-state index in [9.17, 15) is 0 Å². The van der Waals surface area contributed by atoms with Crippen LogP contribution in [0.15, 0.2) is 48.5 Å². The van der Waals surface area contributed by atoms with Gasteiger partial charge in [0.25, 0.3) is 0 Å². The highest BCUT2D eigenvalue weighted by Gasteiger charge is 2.30. The number of hydrogen-bond acceptors (Lipinski definition) is 5. The molecule has 1 aromatic heterocycles. The molecule has 0 saturated heterocycles. The number of fused-ring (bicyclic) bond motifs is 1. The second-order valence-electron chi connectivity index (χ2n) is 7.12. The molecule has 134 valence electrons. The predicted octanol–water partition coefficient (Wildman–Crippen LogP) is 3.06. The van der Waals surface area contributed by atoms with Gasteiger partial charge < -0.3 is 9.64 Å². The van der Waals surface area contributed by atoms with Gasteiger partial charge in [0, 0.05) is 24.3 Å². The van der Waals surface area contributed by atoms with E-state index in [1.807, 2.05) is 0 Å². The molecule has 0 bridgehead atoms. The van der Waals surface area contributed by atoms with Gasteiger partial charge >= 0.3 is 0 Å². The summed E-state index contributed by atoms with van der Waals surface area (Å²) < 4.78 is 5.77. The fraction of sp³-hybridized carbons (Fsp3) is 0.350. The largest absolute Gasteiger partial charge is 0.375 e. The fourth-order valence-electron chi connectivity index (χ4n) is 3.60. The smallest absolute Gasteiger partial charge is 0.184 e. The molecular formula is C20H23N5O. The van der Waals surface area contributed by atoms with Crippen molar-refractivity contribution in [2.45, 2.75) is 32.4 Å². The predicted molar refractivity (Wildman–Crippen MR) is 99.9 cm³/mol. The van der Waals surface area contributed by atoms with Crippen molar-refractivity contribution in [1.82, 2.24) is 20.6 Å². The third-order valence-corrected chi connectivity index (χ3v) is 5.05. The zero-order valence-corrected chi connectivity index (χ0v) is 15.1. The maximum absolute atomic E-state index is 5.77. The second kappa shape index (κ2) is 6.88. The summed E-state index contributed by atoms with van der Waals surface area (Å²) in [5.41, 5.74) is 4.63. The number of nitrogens with one attached hydrogen (secondary N) is 1. The number of aromatic nitrogens is 4. The Morgan fingerprint density at radius 2 is 1.92 bits per heavy atom. The molecule has 0 saturated carbocycles. The quantitative estimate of drug-likeness (QED) is 0.784. The number of rotatable bonds is 4. The van der Waals surface area contributed by atoms with Gasteiger partial charge in [0.15, 0.2) is 5.82 Å². The van der Waals surface area contributed by atoms with E-state index in [0.29, 0.717) is 12.4 Å². The van der Waals surface area contributed by atoms with Crippen LogP contribution in [0.5, 0.6) is 0 Å². The van der Waals surface area contributed by atoms with Crippen molar-refractivity contribution in [3.05, 3.63) is 71.0 Å². The van der Waals surface area contributed by atoms with Crippen molar-refractivity contribution in [2.75, 3.05) is 18.1 Å². The van der Waals surface area contributed by atoms with Gasteiger partial charge in [-0.1, -0.05) is 47.7 Å². The van der Waals surface area contributed by atoms with Crippen molar-refractivity contribution in [2.24, 2.45) is 0 Å². The van der Waals surface area contributed by atoms with Crippen LogP contribution < -0.4 is 4.90 Å². The topological polar surface area (TPSA) is 66.9 Å². The third-order valence-electron chi connectivity index (χ3n) is 5.05. The Morgan fingerprint density at radius 3 is 2.77 bits per heavy atom. The number of benzene rings is 2. The highest BCUT2D eigenvalue weighted by atomic mass is 16.5. The Hall–Kier alpha value is -2.73. The van der Waals surface area contributed by atoms with Crippen molar-refractivity contribution in [1.29, 1.82) is 0 Å². The summed E-state index contributed by atoms with van der Waals surface area (Å²) in [4.78, 5) is 2.40. The second-order valence-corrected chi connectivity index (χ2v) is 7.12. The van der Waals surface area contributed by atoms with Gasteiger partial charge in [-0.25, -0.2) is 0 Å². The molecule has 4 rings (SSSR count). The van der Waals surface area contributed by atoms with Crippen LogP contribution in [0.2, 0.25) is 0 Å². The molecule has 26 heavy (non-hydrogen) atoms. The lowest BCUT2D eigenvalue weighted by Gasteiger charge is -2.29. The number of H-pyrrole nitrogens is 1. The van der Waals surface area contributed by atoms with Crippen molar-refractivity contribution in [3.63, 3.8) is 0 Å². The maximum atomic E-state index is 5.77. The Labute approximate surface area is 153 Å². The van der Waals surface area contributed by atoms with Crippen LogP contribution in [0.4, 0.5) is 5.69 Å². The van der Waals surface area contributed by atoms with Crippen LogP contribution in [0.25, 0.3) is 0 Å². The molecular weight excluding hydrogens is 326 g/mol. The summed E-state index contributed by atoms with van der Waals surface area (Å²) in [7, 11) is 0. The summed E-state index contributed by atoms with van der Waals surface area (Å²) in [5, 5.41) is 14.8. The van der Waals surface area contributed by atoms with Gasteiger partial charge in [0.1, 0.15) is 0 Å². The van der Waals surface area contributed by atoms with Crippen LogP contribution in [-0.4, -0.2) is 33.8 Å². The van der Waals surface area contributed by atoms with Gasteiger partial charge in [-0.15, -0.1) is 10.2 Å². The molecule has 2 heterocycles.